The molecule has 0 aromatic heterocycles. The predicted octanol–water partition coefficient (Wildman–Crippen LogP) is 6.49. The van der Waals surface area contributed by atoms with Crippen molar-refractivity contribution >= 4 is 51.0 Å². The Morgan fingerprint density at radius 1 is 0.606 bits per heavy atom. The predicted molar refractivity (Wildman–Crippen MR) is 149 cm³/mol. The van der Waals surface area contributed by atoms with Crippen LogP contribution in [0.3, 0.4) is 0 Å². The average Bonchev–Trinajstić information content (AvgIpc) is 2.78. The van der Waals surface area contributed by atoms with Gasteiger partial charge in [-0.05, 0) is 0 Å². The molecular formula is C29H31ClN2Te. The fourth-order valence-electron chi connectivity index (χ4n) is 4.08. The first-order valence-electron chi connectivity index (χ1n) is 11.1. The fourth-order valence-corrected chi connectivity index (χ4v) is 9.82. The molecule has 4 rings (SSSR count). The van der Waals surface area contributed by atoms with Gasteiger partial charge in [0.2, 0.25) is 0 Å². The van der Waals surface area contributed by atoms with Gasteiger partial charge in [0, 0.05) is 0 Å². The number of aryl methyl sites for hydroxylation is 2. The van der Waals surface area contributed by atoms with E-state index in [0.717, 1.165) is 0 Å². The molecule has 4 heteroatoms. The summed E-state index contributed by atoms with van der Waals surface area (Å²) in [5, 5.41) is 0. The average molecular weight is 571 g/mol. The van der Waals surface area contributed by atoms with E-state index in [1.54, 1.807) is 0 Å². The molecule has 0 saturated heterocycles. The summed E-state index contributed by atoms with van der Waals surface area (Å²) in [6, 6.07) is 24.4. The molecule has 3 aromatic carbocycles. The Kier molecular flexibility index (Phi) is 7.15. The van der Waals surface area contributed by atoms with Gasteiger partial charge in [-0.25, -0.2) is 0 Å². The van der Waals surface area contributed by atoms with Crippen molar-refractivity contribution in [3.05, 3.63) is 107 Å². The van der Waals surface area contributed by atoms with E-state index < -0.39 is 18.0 Å². The van der Waals surface area contributed by atoms with Gasteiger partial charge < -0.3 is 0 Å². The number of benzene rings is 3. The SMILES string of the molecule is Cc1cc(C)cc(C2=CC(c3ccc(N(C)C)cc3)=[Te](Cl)C(c3ccc(N(C)C)cc3)=C2)c1. The van der Waals surface area contributed by atoms with Crippen LogP contribution in [0.5, 0.6) is 0 Å². The molecule has 33 heavy (non-hydrogen) atoms. The normalized spacial score (nSPS) is 14.1. The summed E-state index contributed by atoms with van der Waals surface area (Å²) in [5.41, 5.74) is 9.88. The maximum absolute atomic E-state index is 7.34. The molecule has 0 saturated carbocycles. The molecule has 1 aliphatic rings. The standard InChI is InChI=1S/C29H31ClN2Te/c1-20-15-21(2)17-24(16-20)25-18-28(22-7-11-26(12-8-22)31(3)4)33(30)29(19-25)23-9-13-27(14-10-23)32(5)6/h7-19H,1-6H3. The number of rotatable bonds is 5. The van der Waals surface area contributed by atoms with Gasteiger partial charge in [0.05, 0.1) is 0 Å². The number of hydrogen-bond donors (Lipinski definition) is 0. The molecule has 0 aliphatic carbocycles. The van der Waals surface area contributed by atoms with Gasteiger partial charge in [0.1, 0.15) is 0 Å². The van der Waals surface area contributed by atoms with E-state index in [4.69, 9.17) is 8.96 Å². The summed E-state index contributed by atoms with van der Waals surface area (Å²) in [5.74, 6) is 0. The van der Waals surface area contributed by atoms with Gasteiger partial charge in [-0.3, -0.25) is 0 Å². The van der Waals surface area contributed by atoms with Crippen LogP contribution in [0, 0.1) is 13.8 Å². The molecule has 0 spiro atoms. The molecule has 170 valence electrons. The number of allylic oxidation sites excluding steroid dienone is 3. The van der Waals surface area contributed by atoms with Crippen molar-refractivity contribution < 1.29 is 0 Å². The summed E-state index contributed by atoms with van der Waals surface area (Å²) in [6.45, 7) is 4.33. The van der Waals surface area contributed by atoms with Crippen LogP contribution in [-0.2, 0) is 0 Å². The van der Waals surface area contributed by atoms with Gasteiger partial charge in [0.25, 0.3) is 0 Å². The van der Waals surface area contributed by atoms with Gasteiger partial charge in [-0.15, -0.1) is 0 Å². The van der Waals surface area contributed by atoms with Gasteiger partial charge in [-0.1, -0.05) is 0 Å². The molecule has 0 atom stereocenters. The Labute approximate surface area is 208 Å². The van der Waals surface area contributed by atoms with E-state index in [2.05, 4.69) is 131 Å². The Morgan fingerprint density at radius 3 is 1.58 bits per heavy atom. The van der Waals surface area contributed by atoms with E-state index in [1.165, 1.54) is 51.9 Å². The zero-order chi connectivity index (χ0) is 23.7. The second-order valence-corrected chi connectivity index (χ2v) is 15.0. The zero-order valence-electron chi connectivity index (χ0n) is 20.2. The third-order valence-corrected chi connectivity index (χ3v) is 12.3. The molecule has 2 nitrogen and oxygen atoms in total. The number of hydrogen-bond acceptors (Lipinski definition) is 2. The van der Waals surface area contributed by atoms with Gasteiger partial charge >= 0.3 is 210 Å². The fraction of sp³-hybridized carbons (Fsp3) is 0.207. The van der Waals surface area contributed by atoms with Crippen LogP contribution in [0.15, 0.2) is 78.9 Å². The van der Waals surface area contributed by atoms with Crippen molar-refractivity contribution in [3.63, 3.8) is 0 Å². The minimum absolute atomic E-state index is 1.19. The molecule has 1 aliphatic heterocycles. The van der Waals surface area contributed by atoms with Crippen LogP contribution in [0.4, 0.5) is 11.4 Å². The first kappa shape index (κ1) is 23.8. The topological polar surface area (TPSA) is 6.48 Å². The van der Waals surface area contributed by atoms with Crippen molar-refractivity contribution in [1.29, 1.82) is 0 Å². The summed E-state index contributed by atoms with van der Waals surface area (Å²) in [7, 11) is 15.6. The van der Waals surface area contributed by atoms with Crippen molar-refractivity contribution in [2.24, 2.45) is 0 Å². The molecule has 1 heterocycles. The molecule has 0 N–H and O–H groups in total. The second-order valence-electron chi connectivity index (χ2n) is 8.99. The molecule has 0 fully saturated rings. The number of anilines is 2. The van der Waals surface area contributed by atoms with Crippen molar-refractivity contribution in [2.45, 2.75) is 13.8 Å². The van der Waals surface area contributed by atoms with E-state index in [-0.39, 0.29) is 0 Å². The van der Waals surface area contributed by atoms with Gasteiger partial charge in [-0.2, -0.15) is 0 Å². The van der Waals surface area contributed by atoms with E-state index in [1.807, 2.05) is 0 Å². The summed E-state index contributed by atoms with van der Waals surface area (Å²) in [6.07, 6.45) is 4.67. The second kappa shape index (κ2) is 9.90. The molecule has 0 bridgehead atoms. The van der Waals surface area contributed by atoms with Crippen LogP contribution in [0.2, 0.25) is 0 Å². The van der Waals surface area contributed by atoms with E-state index >= 15 is 0 Å². The zero-order valence-corrected chi connectivity index (χ0v) is 23.3. The van der Waals surface area contributed by atoms with Crippen LogP contribution in [0.1, 0.15) is 27.8 Å². The number of nitrogens with zero attached hydrogens (tertiary/aromatic N) is 2. The molecule has 0 radical (unpaired) electrons. The number of halogens is 1. The Hall–Kier alpha value is -2.31. The van der Waals surface area contributed by atoms with Crippen molar-refractivity contribution in [3.8, 4) is 0 Å². The molecule has 0 unspecified atom stereocenters. The van der Waals surface area contributed by atoms with Crippen LogP contribution in [0.25, 0.3) is 9.19 Å². The Morgan fingerprint density at radius 2 is 1.09 bits per heavy atom. The van der Waals surface area contributed by atoms with Crippen LogP contribution >= 0.6 is 8.96 Å². The quantitative estimate of drug-likeness (QED) is 0.324. The van der Waals surface area contributed by atoms with Crippen molar-refractivity contribution in [2.75, 3.05) is 38.0 Å². The summed E-state index contributed by atoms with van der Waals surface area (Å²) < 4.78 is 2.60. The first-order valence-corrected chi connectivity index (χ1v) is 16.4. The summed E-state index contributed by atoms with van der Waals surface area (Å²) in [4.78, 5) is 4.25. The minimum atomic E-state index is -2.27. The third kappa shape index (κ3) is 5.28. The molecule has 3 aromatic rings. The summed E-state index contributed by atoms with van der Waals surface area (Å²) >= 11 is -2.27. The van der Waals surface area contributed by atoms with Gasteiger partial charge in [0.15, 0.2) is 0 Å². The monoisotopic (exact) mass is 572 g/mol. The maximum atomic E-state index is 7.34. The van der Waals surface area contributed by atoms with E-state index in [9.17, 15) is 0 Å². The van der Waals surface area contributed by atoms with Crippen LogP contribution in [-0.4, -0.2) is 49.7 Å². The first-order chi connectivity index (χ1) is 15.7. The van der Waals surface area contributed by atoms with Crippen molar-refractivity contribution in [1.82, 2.24) is 0 Å². The molecule has 0 amide bonds. The molecular weight excluding hydrogens is 539 g/mol. The Bertz CT molecular complexity index is 1240. The van der Waals surface area contributed by atoms with E-state index in [0.29, 0.717) is 0 Å². The third-order valence-electron chi connectivity index (χ3n) is 5.85. The van der Waals surface area contributed by atoms with Crippen LogP contribution < -0.4 is 9.80 Å². The Balaban J connectivity index is 1.87.